The van der Waals surface area contributed by atoms with Crippen LogP contribution in [0.25, 0.3) is 71.2 Å². The Hall–Kier alpha value is -6.82. The number of fused-ring (bicyclic) bond motifs is 10. The Labute approximate surface area is 399 Å². The van der Waals surface area contributed by atoms with Crippen LogP contribution in [0.3, 0.4) is 0 Å². The number of benzene rings is 7. The fourth-order valence-electron chi connectivity index (χ4n) is 10.3. The first kappa shape index (κ1) is 41.9. The van der Waals surface area contributed by atoms with Crippen LogP contribution < -0.4 is 14.5 Å². The van der Waals surface area contributed by atoms with Gasteiger partial charge < -0.3 is 28.2 Å². The summed E-state index contributed by atoms with van der Waals surface area (Å²) in [4.78, 5) is 9.58. The maximum Gasteiger partial charge on any atom is 0.135 e. The molecule has 4 aromatic heterocycles. The largest absolute Gasteiger partial charge is 0.509 e. The van der Waals surface area contributed by atoms with E-state index >= 15 is 0 Å². The molecule has 0 amide bonds. The summed E-state index contributed by atoms with van der Waals surface area (Å²) in [6.07, 6.45) is 1.93. The van der Waals surface area contributed by atoms with E-state index in [0.29, 0.717) is 11.5 Å². The van der Waals surface area contributed by atoms with E-state index < -0.39 is 0 Å². The van der Waals surface area contributed by atoms with Gasteiger partial charge in [0.05, 0.1) is 16.7 Å². The van der Waals surface area contributed by atoms with Gasteiger partial charge in [-0.05, 0) is 69.8 Å². The first-order valence-electron chi connectivity index (χ1n) is 22.4. The summed E-state index contributed by atoms with van der Waals surface area (Å²) in [5.74, 6) is 2.07. The van der Waals surface area contributed by atoms with E-state index in [1.807, 2.05) is 24.4 Å². The fourth-order valence-corrected chi connectivity index (χ4v) is 10.3. The Bertz CT molecular complexity index is 3650. The Morgan fingerprint density at radius 3 is 1.80 bits per heavy atom. The first-order chi connectivity index (χ1) is 31.3. The molecule has 11 aromatic rings. The zero-order valence-electron chi connectivity index (χ0n) is 38.3. The molecule has 1 aliphatic heterocycles. The minimum Gasteiger partial charge on any atom is -0.509 e. The number of hydrogen-bond donors (Lipinski definition) is 0. The van der Waals surface area contributed by atoms with E-state index in [2.05, 4.69) is 219 Å². The molecule has 5 heterocycles. The van der Waals surface area contributed by atoms with Crippen molar-refractivity contribution in [1.29, 1.82) is 0 Å². The van der Waals surface area contributed by atoms with Crippen LogP contribution in [0.1, 0.15) is 52.7 Å². The van der Waals surface area contributed by atoms with Gasteiger partial charge in [-0.25, -0.2) is 4.98 Å². The predicted molar refractivity (Wildman–Crippen MR) is 270 cm³/mol. The van der Waals surface area contributed by atoms with Gasteiger partial charge in [0.2, 0.25) is 0 Å². The maximum atomic E-state index is 6.76. The molecule has 7 aromatic carbocycles. The molecular formula is C58H49N6OPt-3. The fraction of sp³-hybridized carbons (Fsp3) is 0.172. The average Bonchev–Trinajstić information content (AvgIpc) is 4.02. The van der Waals surface area contributed by atoms with Crippen LogP contribution >= 0.6 is 0 Å². The summed E-state index contributed by atoms with van der Waals surface area (Å²) in [7, 11) is 4.38. The topological polar surface area (TPSA) is 43.4 Å². The molecule has 0 radical (unpaired) electrons. The standard InChI is InChI=1S/C58H49N6O.Pt/c1-57(2,3)36-29-30-59-52(31-36)64-51-33-39(27-28-42(51)43-21-16-22-46(53(43)64)58(4,5)6)65-38-18-15-17-37(32-38)62-35-63(50-26-14-13-25-49(50)62)56-54-44(40-19-9-11-23-47(40)60(54)7)34-45-41-20-10-12-24-48(41)61(8)55(45)56;/h9-31,34-35H,1-8H3;/q-3;. The zero-order chi connectivity index (χ0) is 44.5. The van der Waals surface area contributed by atoms with Crippen LogP contribution in [0.5, 0.6) is 11.5 Å². The van der Waals surface area contributed by atoms with Crippen molar-refractivity contribution < 1.29 is 25.8 Å². The van der Waals surface area contributed by atoms with E-state index in [1.165, 1.54) is 60.1 Å². The summed E-state index contributed by atoms with van der Waals surface area (Å²) < 4.78 is 13.7. The van der Waals surface area contributed by atoms with Crippen molar-refractivity contribution in [3.63, 3.8) is 0 Å². The molecule has 0 saturated carbocycles. The van der Waals surface area contributed by atoms with Gasteiger partial charge in [0.25, 0.3) is 0 Å². The Balaban J connectivity index is 0.00000481. The van der Waals surface area contributed by atoms with Crippen molar-refractivity contribution >= 4 is 88.2 Å². The Morgan fingerprint density at radius 1 is 0.530 bits per heavy atom. The predicted octanol–water partition coefficient (Wildman–Crippen LogP) is 14.9. The molecule has 0 saturated heterocycles. The van der Waals surface area contributed by atoms with Gasteiger partial charge in [-0.1, -0.05) is 114 Å². The van der Waals surface area contributed by atoms with Gasteiger partial charge in [-0.3, -0.25) is 0 Å². The third-order valence-electron chi connectivity index (χ3n) is 13.5. The second-order valence-corrected chi connectivity index (χ2v) is 19.5. The second-order valence-electron chi connectivity index (χ2n) is 19.5. The zero-order valence-corrected chi connectivity index (χ0v) is 40.6. The summed E-state index contributed by atoms with van der Waals surface area (Å²) >= 11 is 0. The van der Waals surface area contributed by atoms with Crippen molar-refractivity contribution in [3.8, 4) is 17.3 Å². The smallest absolute Gasteiger partial charge is 0.135 e. The van der Waals surface area contributed by atoms with Gasteiger partial charge in [0.1, 0.15) is 5.82 Å². The van der Waals surface area contributed by atoms with Gasteiger partial charge >= 0.3 is 0 Å². The molecule has 8 heteroatoms. The van der Waals surface area contributed by atoms with Crippen molar-refractivity contribution in [3.05, 3.63) is 176 Å². The number of rotatable bonds is 5. The molecule has 0 atom stereocenters. The van der Waals surface area contributed by atoms with Crippen LogP contribution in [0.4, 0.5) is 22.7 Å². The number of hydrogen-bond acceptors (Lipinski definition) is 4. The number of pyridine rings is 1. The van der Waals surface area contributed by atoms with Crippen LogP contribution in [0.2, 0.25) is 0 Å². The van der Waals surface area contributed by atoms with E-state index in [-0.39, 0.29) is 31.9 Å². The van der Waals surface area contributed by atoms with Gasteiger partial charge in [-0.15, -0.1) is 48.1 Å². The number of nitrogens with zero attached hydrogens (tertiary/aromatic N) is 6. The molecule has 330 valence electrons. The average molecular weight is 1040 g/mol. The third-order valence-corrected chi connectivity index (χ3v) is 13.5. The molecule has 0 N–H and O–H groups in total. The molecular weight excluding hydrogens is 992 g/mol. The van der Waals surface area contributed by atoms with Crippen LogP contribution in [0, 0.1) is 18.8 Å². The molecule has 0 bridgehead atoms. The molecule has 66 heavy (non-hydrogen) atoms. The summed E-state index contributed by atoms with van der Waals surface area (Å²) in [5, 5.41) is 7.20. The molecule has 7 nitrogen and oxygen atoms in total. The molecule has 0 fully saturated rings. The van der Waals surface area contributed by atoms with E-state index in [0.717, 1.165) is 45.0 Å². The Kier molecular flexibility index (Phi) is 9.59. The van der Waals surface area contributed by atoms with Crippen LogP contribution in [-0.4, -0.2) is 18.7 Å². The normalized spacial score (nSPS) is 13.2. The van der Waals surface area contributed by atoms with Gasteiger partial charge in [0, 0.05) is 102 Å². The minimum atomic E-state index is -0.106. The van der Waals surface area contributed by atoms with Crippen LogP contribution in [0.15, 0.2) is 146 Å². The molecule has 12 rings (SSSR count). The van der Waals surface area contributed by atoms with E-state index in [4.69, 9.17) is 9.72 Å². The van der Waals surface area contributed by atoms with Crippen LogP contribution in [-0.2, 0) is 46.0 Å². The van der Waals surface area contributed by atoms with Crippen molar-refractivity contribution in [2.45, 2.75) is 52.4 Å². The molecule has 0 aliphatic carbocycles. The quantitative estimate of drug-likeness (QED) is 0.161. The van der Waals surface area contributed by atoms with Gasteiger partial charge in [0.15, 0.2) is 0 Å². The SMILES string of the molecule is Cn1c2ccccc2c2cc3c4ccccc4n(C)c3c(N3[CH-]N(c4[c-]c(Oc5[c-]c6c(cc5)c5cccc(C(C)(C)C)c5n6-c5cc(C(C)(C)C)ccn5)ccc4)c4ccccc43)c21.[Pt]. The van der Waals surface area contributed by atoms with Crippen molar-refractivity contribution in [2.75, 3.05) is 9.80 Å². The first-order valence-corrected chi connectivity index (χ1v) is 22.4. The number of aromatic nitrogens is 4. The second kappa shape index (κ2) is 15.1. The third kappa shape index (κ3) is 6.30. The van der Waals surface area contributed by atoms with E-state index in [1.54, 1.807) is 0 Å². The number of aryl methyl sites for hydroxylation is 2. The summed E-state index contributed by atoms with van der Waals surface area (Å²) in [6.45, 7) is 15.8. The summed E-state index contributed by atoms with van der Waals surface area (Å²) in [5.41, 5.74) is 13.3. The maximum absolute atomic E-state index is 6.76. The number of ether oxygens (including phenoxy) is 1. The number of anilines is 4. The minimum absolute atomic E-state index is 0. The van der Waals surface area contributed by atoms with E-state index in [9.17, 15) is 0 Å². The van der Waals surface area contributed by atoms with Crippen molar-refractivity contribution in [1.82, 2.24) is 18.7 Å². The number of para-hydroxylation sites is 5. The summed E-state index contributed by atoms with van der Waals surface area (Å²) in [6, 6.07) is 57.1. The van der Waals surface area contributed by atoms with Crippen molar-refractivity contribution in [2.24, 2.45) is 14.1 Å². The molecule has 0 spiro atoms. The monoisotopic (exact) mass is 1040 g/mol. The molecule has 0 unspecified atom stereocenters. The molecule has 1 aliphatic rings. The van der Waals surface area contributed by atoms with Gasteiger partial charge in [-0.2, -0.15) is 12.1 Å². The Morgan fingerprint density at radius 2 is 1.14 bits per heavy atom.